The maximum Gasteiger partial charge on any atom is 0.227 e. The Morgan fingerprint density at radius 2 is 1.88 bits per heavy atom. The minimum Gasteiger partial charge on any atom is -0.335 e. The molecular weight excluding hydrogens is 336 g/mol. The molecule has 0 spiro atoms. The second kappa shape index (κ2) is 7.70. The van der Waals surface area contributed by atoms with Crippen LogP contribution < -0.4 is 5.32 Å². The summed E-state index contributed by atoms with van der Waals surface area (Å²) in [5, 5.41) is 3.44. The molecule has 0 saturated carbocycles. The fourth-order valence-corrected chi connectivity index (χ4v) is 3.58. The van der Waals surface area contributed by atoms with Crippen LogP contribution in [-0.4, -0.2) is 23.3 Å². The standard InChI is InChI=1S/C20H21ClN2O2/c1-14(24)22-16-10-8-15(9-11-16)13-20(25)23-12-4-7-19(23)17-5-2-3-6-18(17)21/h2-3,5-6,8-11,19H,4,7,12-13H2,1H3,(H,22,24). The van der Waals surface area contributed by atoms with Gasteiger partial charge in [-0.3, -0.25) is 9.59 Å². The van der Waals surface area contributed by atoms with Crippen molar-refractivity contribution in [3.05, 3.63) is 64.7 Å². The predicted octanol–water partition coefficient (Wildman–Crippen LogP) is 4.20. The second-order valence-electron chi connectivity index (χ2n) is 6.32. The van der Waals surface area contributed by atoms with E-state index in [0.29, 0.717) is 11.4 Å². The number of hydrogen-bond acceptors (Lipinski definition) is 2. The molecule has 1 N–H and O–H groups in total. The van der Waals surface area contributed by atoms with Crippen molar-refractivity contribution >= 4 is 29.1 Å². The van der Waals surface area contributed by atoms with Crippen LogP contribution in [0.1, 0.15) is 36.9 Å². The largest absolute Gasteiger partial charge is 0.335 e. The van der Waals surface area contributed by atoms with Crippen LogP contribution in [0.4, 0.5) is 5.69 Å². The molecule has 0 bridgehead atoms. The molecule has 0 radical (unpaired) electrons. The van der Waals surface area contributed by atoms with Crippen molar-refractivity contribution < 1.29 is 9.59 Å². The van der Waals surface area contributed by atoms with Gasteiger partial charge in [-0.15, -0.1) is 0 Å². The first-order chi connectivity index (χ1) is 12.0. The van der Waals surface area contributed by atoms with Gasteiger partial charge in [-0.2, -0.15) is 0 Å². The normalized spacial score (nSPS) is 16.7. The minimum atomic E-state index is -0.108. The Kier molecular flexibility index (Phi) is 5.39. The van der Waals surface area contributed by atoms with Crippen molar-refractivity contribution in [2.75, 3.05) is 11.9 Å². The van der Waals surface area contributed by atoms with Gasteiger partial charge in [0, 0.05) is 24.2 Å². The third kappa shape index (κ3) is 4.20. The summed E-state index contributed by atoms with van der Waals surface area (Å²) in [7, 11) is 0. The first-order valence-electron chi connectivity index (χ1n) is 8.45. The van der Waals surface area contributed by atoms with Gasteiger partial charge in [0.15, 0.2) is 0 Å². The number of likely N-dealkylation sites (tertiary alicyclic amines) is 1. The molecule has 2 aromatic carbocycles. The molecule has 2 amide bonds. The number of carbonyl (C=O) groups excluding carboxylic acids is 2. The summed E-state index contributed by atoms with van der Waals surface area (Å²) in [6.07, 6.45) is 2.28. The number of nitrogens with one attached hydrogen (secondary N) is 1. The van der Waals surface area contributed by atoms with E-state index in [1.165, 1.54) is 6.92 Å². The van der Waals surface area contributed by atoms with Gasteiger partial charge in [0.2, 0.25) is 11.8 Å². The van der Waals surface area contributed by atoms with E-state index in [1.807, 2.05) is 53.4 Å². The van der Waals surface area contributed by atoms with E-state index in [1.54, 1.807) is 0 Å². The van der Waals surface area contributed by atoms with Crippen LogP contribution in [0, 0.1) is 0 Å². The minimum absolute atomic E-state index is 0.0554. The summed E-state index contributed by atoms with van der Waals surface area (Å²) < 4.78 is 0. The van der Waals surface area contributed by atoms with Crippen molar-refractivity contribution in [3.63, 3.8) is 0 Å². The molecule has 1 atom stereocenters. The average molecular weight is 357 g/mol. The van der Waals surface area contributed by atoms with Crippen molar-refractivity contribution in [1.29, 1.82) is 0 Å². The fourth-order valence-electron chi connectivity index (χ4n) is 3.32. The Balaban J connectivity index is 1.70. The highest BCUT2D eigenvalue weighted by atomic mass is 35.5. The highest BCUT2D eigenvalue weighted by Gasteiger charge is 2.30. The summed E-state index contributed by atoms with van der Waals surface area (Å²) in [5.74, 6) is -0.00169. The molecule has 130 valence electrons. The zero-order chi connectivity index (χ0) is 17.8. The van der Waals surface area contributed by atoms with Gasteiger partial charge in [0.05, 0.1) is 12.5 Å². The quantitative estimate of drug-likeness (QED) is 0.892. The number of rotatable bonds is 4. The monoisotopic (exact) mass is 356 g/mol. The van der Waals surface area contributed by atoms with Crippen LogP contribution >= 0.6 is 11.6 Å². The summed E-state index contributed by atoms with van der Waals surface area (Å²) in [5.41, 5.74) is 2.69. The molecule has 1 unspecified atom stereocenters. The lowest BCUT2D eigenvalue weighted by molar-refractivity contribution is -0.131. The Morgan fingerprint density at radius 3 is 2.56 bits per heavy atom. The maximum atomic E-state index is 12.8. The van der Waals surface area contributed by atoms with Crippen LogP contribution in [0.5, 0.6) is 0 Å². The molecule has 0 aromatic heterocycles. The van der Waals surface area contributed by atoms with E-state index < -0.39 is 0 Å². The van der Waals surface area contributed by atoms with E-state index in [4.69, 9.17) is 11.6 Å². The molecule has 5 heteroatoms. The van der Waals surface area contributed by atoms with Gasteiger partial charge in [-0.25, -0.2) is 0 Å². The number of carbonyl (C=O) groups is 2. The predicted molar refractivity (Wildman–Crippen MR) is 99.6 cm³/mol. The number of nitrogens with zero attached hydrogens (tertiary/aromatic N) is 1. The van der Waals surface area contributed by atoms with Crippen LogP contribution in [0.15, 0.2) is 48.5 Å². The molecule has 1 heterocycles. The summed E-state index contributed by atoms with van der Waals surface area (Å²) in [6.45, 7) is 2.23. The van der Waals surface area contributed by atoms with Gasteiger partial charge >= 0.3 is 0 Å². The third-order valence-corrected chi connectivity index (χ3v) is 4.81. The Hall–Kier alpha value is -2.33. The maximum absolute atomic E-state index is 12.8. The SMILES string of the molecule is CC(=O)Nc1ccc(CC(=O)N2CCCC2c2ccccc2Cl)cc1. The van der Waals surface area contributed by atoms with Crippen molar-refractivity contribution in [2.45, 2.75) is 32.2 Å². The van der Waals surface area contributed by atoms with Gasteiger partial charge in [-0.05, 0) is 42.2 Å². The fraction of sp³-hybridized carbons (Fsp3) is 0.300. The topological polar surface area (TPSA) is 49.4 Å². The molecule has 1 aliphatic heterocycles. The molecule has 25 heavy (non-hydrogen) atoms. The molecular formula is C20H21ClN2O2. The third-order valence-electron chi connectivity index (χ3n) is 4.47. The Morgan fingerprint density at radius 1 is 1.16 bits per heavy atom. The van der Waals surface area contributed by atoms with E-state index >= 15 is 0 Å². The van der Waals surface area contributed by atoms with Gasteiger partial charge in [0.1, 0.15) is 0 Å². The van der Waals surface area contributed by atoms with Gasteiger partial charge < -0.3 is 10.2 Å². The van der Waals surface area contributed by atoms with Crippen LogP contribution in [0.3, 0.4) is 0 Å². The number of halogens is 1. The van der Waals surface area contributed by atoms with E-state index in [9.17, 15) is 9.59 Å². The van der Waals surface area contributed by atoms with Crippen molar-refractivity contribution in [2.24, 2.45) is 0 Å². The van der Waals surface area contributed by atoms with Crippen LogP contribution in [-0.2, 0) is 16.0 Å². The number of amides is 2. The van der Waals surface area contributed by atoms with Crippen LogP contribution in [0.25, 0.3) is 0 Å². The Bertz CT molecular complexity index is 774. The molecule has 0 aliphatic carbocycles. The van der Waals surface area contributed by atoms with Gasteiger partial charge in [-0.1, -0.05) is 41.9 Å². The molecule has 4 nitrogen and oxygen atoms in total. The summed E-state index contributed by atoms with van der Waals surface area (Å²) in [4.78, 5) is 25.8. The highest BCUT2D eigenvalue weighted by molar-refractivity contribution is 6.31. The lowest BCUT2D eigenvalue weighted by Crippen LogP contribution is -2.32. The van der Waals surface area contributed by atoms with E-state index in [0.717, 1.165) is 36.2 Å². The number of benzene rings is 2. The summed E-state index contributed by atoms with van der Waals surface area (Å²) >= 11 is 6.32. The molecule has 1 fully saturated rings. The Labute approximate surface area is 152 Å². The average Bonchev–Trinajstić information content (AvgIpc) is 3.06. The van der Waals surface area contributed by atoms with Crippen molar-refractivity contribution in [3.8, 4) is 0 Å². The van der Waals surface area contributed by atoms with E-state index in [2.05, 4.69) is 5.32 Å². The number of anilines is 1. The first-order valence-corrected chi connectivity index (χ1v) is 8.83. The lowest BCUT2D eigenvalue weighted by Gasteiger charge is -2.26. The number of hydrogen-bond donors (Lipinski definition) is 1. The lowest BCUT2D eigenvalue weighted by atomic mass is 10.0. The molecule has 2 aromatic rings. The molecule has 3 rings (SSSR count). The van der Waals surface area contributed by atoms with Gasteiger partial charge in [0.25, 0.3) is 0 Å². The second-order valence-corrected chi connectivity index (χ2v) is 6.73. The van der Waals surface area contributed by atoms with Crippen LogP contribution in [0.2, 0.25) is 5.02 Å². The first kappa shape index (κ1) is 17.5. The smallest absolute Gasteiger partial charge is 0.227 e. The van der Waals surface area contributed by atoms with E-state index in [-0.39, 0.29) is 17.9 Å². The highest BCUT2D eigenvalue weighted by Crippen LogP contribution is 2.36. The zero-order valence-electron chi connectivity index (χ0n) is 14.2. The van der Waals surface area contributed by atoms with Crippen molar-refractivity contribution in [1.82, 2.24) is 4.90 Å². The summed E-state index contributed by atoms with van der Waals surface area (Å²) in [6, 6.07) is 15.2. The molecule has 1 saturated heterocycles. The molecule has 1 aliphatic rings. The zero-order valence-corrected chi connectivity index (χ0v) is 14.9.